The van der Waals surface area contributed by atoms with Gasteiger partial charge in [-0.05, 0) is 43.5 Å². The zero-order chi connectivity index (χ0) is 27.4. The second kappa shape index (κ2) is 12.3. The zero-order valence-corrected chi connectivity index (χ0v) is 22.3. The minimum atomic E-state index is -1.55. The number of aliphatic hydroxyl groups excluding tert-OH is 4. The predicted molar refractivity (Wildman–Crippen MR) is 142 cm³/mol. The lowest BCUT2D eigenvalue weighted by atomic mass is 9.98. The van der Waals surface area contributed by atoms with E-state index in [0.717, 1.165) is 41.0 Å². The highest BCUT2D eigenvalue weighted by Crippen LogP contribution is 2.37. The first-order chi connectivity index (χ1) is 18.3. The molecule has 2 heterocycles. The minimum absolute atomic E-state index is 0.0120. The van der Waals surface area contributed by atoms with Gasteiger partial charge in [-0.25, -0.2) is 0 Å². The van der Waals surface area contributed by atoms with Gasteiger partial charge in [0.25, 0.3) is 0 Å². The number of aryl methyl sites for hydroxylation is 1. The Morgan fingerprint density at radius 3 is 2.18 bits per heavy atom. The number of methoxy groups -OCH3 is 1. The van der Waals surface area contributed by atoms with Crippen LogP contribution >= 0.6 is 0 Å². The second-order valence-electron chi connectivity index (χ2n) is 9.96. The van der Waals surface area contributed by atoms with Gasteiger partial charge in [0.2, 0.25) is 12.2 Å². The van der Waals surface area contributed by atoms with Crippen LogP contribution < -0.4 is 9.47 Å². The van der Waals surface area contributed by atoms with Crippen molar-refractivity contribution >= 4 is 0 Å². The van der Waals surface area contributed by atoms with E-state index in [1.54, 1.807) is 7.11 Å². The van der Waals surface area contributed by atoms with E-state index in [-0.39, 0.29) is 11.9 Å². The topological polar surface area (TPSA) is 126 Å². The van der Waals surface area contributed by atoms with Crippen LogP contribution in [0.5, 0.6) is 11.6 Å². The molecule has 1 aromatic heterocycles. The van der Waals surface area contributed by atoms with Crippen LogP contribution in [0.1, 0.15) is 49.9 Å². The van der Waals surface area contributed by atoms with Crippen LogP contribution in [0.4, 0.5) is 0 Å². The lowest BCUT2D eigenvalue weighted by Gasteiger charge is -2.39. The van der Waals surface area contributed by atoms with Crippen LogP contribution in [-0.2, 0) is 17.6 Å². The summed E-state index contributed by atoms with van der Waals surface area (Å²) in [6.07, 6.45) is -4.46. The highest BCUT2D eigenvalue weighted by atomic mass is 16.7. The monoisotopic (exact) mass is 526 g/mol. The number of aromatic nitrogens is 2. The summed E-state index contributed by atoms with van der Waals surface area (Å²) in [6, 6.07) is 16.1. The van der Waals surface area contributed by atoms with Gasteiger partial charge in [-0.1, -0.05) is 49.7 Å². The van der Waals surface area contributed by atoms with E-state index >= 15 is 0 Å². The van der Waals surface area contributed by atoms with Crippen LogP contribution in [0.15, 0.2) is 48.5 Å². The molecule has 9 nitrogen and oxygen atoms in total. The Kier molecular flexibility index (Phi) is 9.07. The Morgan fingerprint density at radius 1 is 0.947 bits per heavy atom. The highest BCUT2D eigenvalue weighted by molar-refractivity contribution is 5.67. The third-order valence-electron chi connectivity index (χ3n) is 6.84. The number of hydrogen-bond acceptors (Lipinski definition) is 8. The predicted octanol–water partition coefficient (Wildman–Crippen LogP) is 2.86. The van der Waals surface area contributed by atoms with E-state index in [1.165, 1.54) is 5.56 Å². The van der Waals surface area contributed by atoms with Crippen molar-refractivity contribution in [1.29, 1.82) is 0 Å². The fraction of sp³-hybridized carbons (Fsp3) is 0.483. The van der Waals surface area contributed by atoms with Gasteiger partial charge in [0.1, 0.15) is 30.2 Å². The quantitative estimate of drug-likeness (QED) is 0.318. The fourth-order valence-corrected chi connectivity index (χ4v) is 4.72. The molecule has 4 N–H and O–H groups in total. The standard InChI is InChI=1S/C29H38N2O7/c1-5-6-18-7-11-20(12-8-18)24-22(15-19-9-13-21(36-4)14-10-19)28(30-31(24)17(2)3)38-29-27(35)26(34)25(33)23(16-32)37-29/h7-14,17,23,25-27,29,32-35H,5-6,15-16H2,1-4H3/t23-,25-,26+,27-,29+/m1/s1. The van der Waals surface area contributed by atoms with Gasteiger partial charge >= 0.3 is 0 Å². The molecule has 1 aliphatic rings. The van der Waals surface area contributed by atoms with Crippen LogP contribution in [-0.4, -0.2) is 74.6 Å². The molecular formula is C29H38N2O7. The third kappa shape index (κ3) is 5.87. The summed E-state index contributed by atoms with van der Waals surface area (Å²) in [5.41, 5.74) is 4.87. The Labute approximate surface area is 223 Å². The summed E-state index contributed by atoms with van der Waals surface area (Å²) in [7, 11) is 1.62. The molecule has 0 aliphatic carbocycles. The minimum Gasteiger partial charge on any atom is -0.497 e. The Morgan fingerprint density at radius 2 is 1.61 bits per heavy atom. The average molecular weight is 527 g/mol. The summed E-state index contributed by atoms with van der Waals surface area (Å²) in [5, 5.41) is 45.5. The average Bonchev–Trinajstić information content (AvgIpc) is 3.28. The normalized spacial score (nSPS) is 23.6. The highest BCUT2D eigenvalue weighted by Gasteiger charge is 2.45. The fourth-order valence-electron chi connectivity index (χ4n) is 4.72. The van der Waals surface area contributed by atoms with Gasteiger partial charge in [-0.2, -0.15) is 0 Å². The van der Waals surface area contributed by atoms with Crippen molar-refractivity contribution in [3.63, 3.8) is 0 Å². The summed E-state index contributed by atoms with van der Waals surface area (Å²) < 4.78 is 18.9. The zero-order valence-electron chi connectivity index (χ0n) is 22.3. The first kappa shape index (κ1) is 28.1. The summed E-state index contributed by atoms with van der Waals surface area (Å²) in [6.45, 7) is 5.66. The van der Waals surface area contributed by atoms with Crippen molar-refractivity contribution in [3.05, 3.63) is 65.2 Å². The summed E-state index contributed by atoms with van der Waals surface area (Å²) in [4.78, 5) is 0. The molecular weight excluding hydrogens is 488 g/mol. The Bertz CT molecular complexity index is 1170. The number of rotatable bonds is 10. The number of ether oxygens (including phenoxy) is 3. The smallest absolute Gasteiger partial charge is 0.239 e. The van der Waals surface area contributed by atoms with E-state index in [9.17, 15) is 20.4 Å². The number of nitrogens with zero attached hydrogens (tertiary/aromatic N) is 2. The SMILES string of the molecule is CCCc1ccc(-c2c(Cc3ccc(OC)cc3)c(O[C@@H]3O[C@H](CO)[C@@H](O)[C@H](O)[C@H]3O)nn2C(C)C)cc1. The molecule has 0 spiro atoms. The van der Waals surface area contributed by atoms with Crippen molar-refractivity contribution in [2.24, 2.45) is 0 Å². The van der Waals surface area contributed by atoms with Gasteiger partial charge in [0.15, 0.2) is 0 Å². The van der Waals surface area contributed by atoms with Crippen molar-refractivity contribution < 1.29 is 34.6 Å². The maximum Gasteiger partial charge on any atom is 0.239 e. The van der Waals surface area contributed by atoms with E-state index < -0.39 is 37.3 Å². The molecule has 0 unspecified atom stereocenters. The van der Waals surface area contributed by atoms with Crippen molar-refractivity contribution in [3.8, 4) is 22.9 Å². The number of hydrogen-bond donors (Lipinski definition) is 4. The van der Waals surface area contributed by atoms with Crippen molar-refractivity contribution in [2.75, 3.05) is 13.7 Å². The van der Waals surface area contributed by atoms with Crippen LogP contribution in [0.3, 0.4) is 0 Å². The molecule has 0 bridgehead atoms. The second-order valence-corrected chi connectivity index (χ2v) is 9.96. The first-order valence-corrected chi connectivity index (χ1v) is 13.1. The van der Waals surface area contributed by atoms with E-state index in [0.29, 0.717) is 6.42 Å². The molecule has 38 heavy (non-hydrogen) atoms. The maximum atomic E-state index is 10.6. The van der Waals surface area contributed by atoms with Crippen LogP contribution in [0.25, 0.3) is 11.3 Å². The third-order valence-corrected chi connectivity index (χ3v) is 6.84. The van der Waals surface area contributed by atoms with E-state index in [1.807, 2.05) is 42.8 Å². The summed E-state index contributed by atoms with van der Waals surface area (Å²) in [5.74, 6) is 0.989. The molecule has 1 saturated heterocycles. The molecule has 1 aliphatic heterocycles. The van der Waals surface area contributed by atoms with E-state index in [4.69, 9.17) is 19.3 Å². The molecule has 3 aromatic rings. The van der Waals surface area contributed by atoms with E-state index in [2.05, 4.69) is 31.2 Å². The maximum absolute atomic E-state index is 10.6. The molecule has 206 valence electrons. The molecule has 0 radical (unpaired) electrons. The molecule has 5 atom stereocenters. The van der Waals surface area contributed by atoms with Crippen LogP contribution in [0.2, 0.25) is 0 Å². The molecule has 2 aromatic carbocycles. The molecule has 9 heteroatoms. The number of benzene rings is 2. The van der Waals surface area contributed by atoms with Crippen molar-refractivity contribution in [2.45, 2.75) is 76.8 Å². The lowest BCUT2D eigenvalue weighted by Crippen LogP contribution is -2.60. The van der Waals surface area contributed by atoms with Crippen molar-refractivity contribution in [1.82, 2.24) is 9.78 Å². The Balaban J connectivity index is 1.79. The first-order valence-electron chi connectivity index (χ1n) is 13.1. The molecule has 1 fully saturated rings. The number of aliphatic hydroxyl groups is 4. The van der Waals surface area contributed by atoms with Gasteiger partial charge in [0, 0.05) is 23.6 Å². The molecule has 4 rings (SSSR count). The Hall–Kier alpha value is -2.95. The van der Waals surface area contributed by atoms with Gasteiger partial charge in [0.05, 0.1) is 19.4 Å². The van der Waals surface area contributed by atoms with Gasteiger partial charge in [-0.3, -0.25) is 4.68 Å². The molecule has 0 amide bonds. The largest absolute Gasteiger partial charge is 0.497 e. The molecule has 0 saturated carbocycles. The lowest BCUT2D eigenvalue weighted by molar-refractivity contribution is -0.278. The summed E-state index contributed by atoms with van der Waals surface area (Å²) >= 11 is 0. The van der Waals surface area contributed by atoms with Crippen LogP contribution in [0, 0.1) is 0 Å². The van der Waals surface area contributed by atoms with Gasteiger partial charge < -0.3 is 34.6 Å². The van der Waals surface area contributed by atoms with Gasteiger partial charge in [-0.15, -0.1) is 5.10 Å².